The Morgan fingerprint density at radius 2 is 1.90 bits per heavy atom. The van der Waals surface area contributed by atoms with Crippen LogP contribution in [0.2, 0.25) is 0 Å². The molecule has 6 heteroatoms. The Morgan fingerprint density at radius 1 is 1.03 bits per heavy atom. The molecule has 0 unspecified atom stereocenters. The summed E-state index contributed by atoms with van der Waals surface area (Å²) in [6.07, 6.45) is 6.23. The first-order valence-electron chi connectivity index (χ1n) is 11.2. The highest BCUT2D eigenvalue weighted by Crippen LogP contribution is 2.44. The van der Waals surface area contributed by atoms with Crippen LogP contribution in [0, 0.1) is 0 Å². The fourth-order valence-electron chi connectivity index (χ4n) is 4.79. The molecule has 1 atom stereocenters. The Bertz CT molecular complexity index is 1060. The first kappa shape index (κ1) is 19.9. The second-order valence-electron chi connectivity index (χ2n) is 8.38. The van der Waals surface area contributed by atoms with E-state index < -0.39 is 0 Å². The van der Waals surface area contributed by atoms with Crippen molar-refractivity contribution in [2.24, 2.45) is 0 Å². The van der Waals surface area contributed by atoms with Crippen molar-refractivity contribution in [2.75, 3.05) is 33.0 Å². The zero-order valence-electron chi connectivity index (χ0n) is 17.7. The summed E-state index contributed by atoms with van der Waals surface area (Å²) in [5.74, 6) is 1.43. The van der Waals surface area contributed by atoms with Gasteiger partial charge in [0.25, 0.3) is 0 Å². The average molecular weight is 420 g/mol. The predicted octanol–water partition coefficient (Wildman–Crippen LogP) is 4.02. The van der Waals surface area contributed by atoms with Crippen molar-refractivity contribution in [3.05, 3.63) is 59.8 Å². The Morgan fingerprint density at radius 3 is 2.81 bits per heavy atom. The van der Waals surface area contributed by atoms with E-state index >= 15 is 0 Å². The van der Waals surface area contributed by atoms with Gasteiger partial charge >= 0.3 is 0 Å². The first-order valence-corrected chi connectivity index (χ1v) is 11.2. The number of piperidine rings is 1. The third-order valence-corrected chi connectivity index (χ3v) is 6.39. The van der Waals surface area contributed by atoms with Gasteiger partial charge in [0.2, 0.25) is 12.7 Å². The normalized spacial score (nSPS) is 17.0. The minimum Gasteiger partial charge on any atom is -0.454 e. The molecule has 0 radical (unpaired) electrons. The number of carbonyl (C=O) groups is 1. The van der Waals surface area contributed by atoms with Crippen LogP contribution in [0.3, 0.4) is 0 Å². The maximum absolute atomic E-state index is 13.0. The molecule has 1 aromatic heterocycles. The largest absolute Gasteiger partial charge is 0.454 e. The van der Waals surface area contributed by atoms with Crippen molar-refractivity contribution in [1.29, 1.82) is 0 Å². The van der Waals surface area contributed by atoms with Crippen molar-refractivity contribution in [3.8, 4) is 11.5 Å². The van der Waals surface area contributed by atoms with Gasteiger partial charge < -0.3 is 24.7 Å². The number of nitrogens with zero attached hydrogens (tertiary/aromatic N) is 1. The molecule has 1 amide bonds. The second-order valence-corrected chi connectivity index (χ2v) is 8.38. The average Bonchev–Trinajstić information content (AvgIpc) is 3.45. The fourth-order valence-corrected chi connectivity index (χ4v) is 4.79. The summed E-state index contributed by atoms with van der Waals surface area (Å²) < 4.78 is 11.4. The van der Waals surface area contributed by atoms with Crippen molar-refractivity contribution < 1.29 is 14.3 Å². The summed E-state index contributed by atoms with van der Waals surface area (Å²) in [7, 11) is 0. The Balaban J connectivity index is 1.37. The summed E-state index contributed by atoms with van der Waals surface area (Å²) in [4.78, 5) is 18.8. The number of likely N-dealkylation sites (tertiary alicyclic amines) is 1. The van der Waals surface area contributed by atoms with Gasteiger partial charge in [-0.1, -0.05) is 36.8 Å². The Hall–Kier alpha value is -2.99. The van der Waals surface area contributed by atoms with Gasteiger partial charge in [-0.3, -0.25) is 4.79 Å². The molecule has 3 heterocycles. The zero-order valence-corrected chi connectivity index (χ0v) is 17.7. The number of aromatic nitrogens is 1. The van der Waals surface area contributed by atoms with E-state index in [0.29, 0.717) is 13.0 Å². The zero-order chi connectivity index (χ0) is 21.0. The van der Waals surface area contributed by atoms with Crippen LogP contribution < -0.4 is 14.8 Å². The van der Waals surface area contributed by atoms with Gasteiger partial charge in [0.05, 0.1) is 0 Å². The Labute approximate surface area is 182 Å². The molecule has 2 aromatic carbocycles. The highest BCUT2D eigenvalue weighted by Gasteiger charge is 2.28. The molecule has 2 aliphatic rings. The minimum atomic E-state index is -0.122. The molecule has 0 saturated carbocycles. The first-order chi connectivity index (χ1) is 15.3. The number of carbonyl (C=O) groups excluding carboxylic acids is 1. The lowest BCUT2D eigenvalue weighted by molar-refractivity contribution is -0.121. The molecule has 6 nitrogen and oxygen atoms in total. The van der Waals surface area contributed by atoms with Crippen LogP contribution in [0.25, 0.3) is 10.9 Å². The van der Waals surface area contributed by atoms with Crippen molar-refractivity contribution >= 4 is 16.8 Å². The maximum Gasteiger partial charge on any atom is 0.231 e. The van der Waals surface area contributed by atoms with E-state index in [1.54, 1.807) is 0 Å². The van der Waals surface area contributed by atoms with Gasteiger partial charge in [0.1, 0.15) is 0 Å². The number of H-pyrrole nitrogens is 1. The molecule has 2 aliphatic heterocycles. The summed E-state index contributed by atoms with van der Waals surface area (Å²) in [6.45, 7) is 4.10. The highest BCUT2D eigenvalue weighted by molar-refractivity contribution is 5.86. The molecule has 1 fully saturated rings. The maximum atomic E-state index is 13.0. The number of benzene rings is 2. The van der Waals surface area contributed by atoms with Gasteiger partial charge in [-0.15, -0.1) is 0 Å². The minimum absolute atomic E-state index is 0.0591. The van der Waals surface area contributed by atoms with Gasteiger partial charge in [0, 0.05) is 48.1 Å². The van der Waals surface area contributed by atoms with Crippen LogP contribution in [-0.2, 0) is 4.79 Å². The highest BCUT2D eigenvalue weighted by atomic mass is 16.7. The summed E-state index contributed by atoms with van der Waals surface area (Å²) in [5.41, 5.74) is 3.16. The number of amides is 1. The predicted molar refractivity (Wildman–Crippen MR) is 121 cm³/mol. The van der Waals surface area contributed by atoms with Crippen molar-refractivity contribution in [1.82, 2.24) is 15.2 Å². The third kappa shape index (κ3) is 4.26. The Kier molecular flexibility index (Phi) is 5.80. The SMILES string of the molecule is O=C(C[C@@H](c1cccc2c1OCO2)c1c[nH]c2ccccc12)NCCN1CCCCC1. The third-order valence-electron chi connectivity index (χ3n) is 6.39. The lowest BCUT2D eigenvalue weighted by atomic mass is 9.87. The van der Waals surface area contributed by atoms with E-state index in [0.717, 1.165) is 53.2 Å². The number of fused-ring (bicyclic) bond motifs is 2. The number of aromatic amines is 1. The number of para-hydroxylation sites is 2. The van der Waals surface area contributed by atoms with E-state index in [1.165, 1.54) is 19.3 Å². The van der Waals surface area contributed by atoms with Gasteiger partial charge in [-0.05, 0) is 43.6 Å². The number of hydrogen-bond donors (Lipinski definition) is 2. The van der Waals surface area contributed by atoms with E-state index in [2.05, 4.69) is 27.3 Å². The molecule has 3 aromatic rings. The van der Waals surface area contributed by atoms with Crippen LogP contribution in [-0.4, -0.2) is 48.8 Å². The second kappa shape index (κ2) is 9.02. The lowest BCUT2D eigenvalue weighted by Gasteiger charge is -2.26. The monoisotopic (exact) mass is 419 g/mol. The van der Waals surface area contributed by atoms with Crippen molar-refractivity contribution in [2.45, 2.75) is 31.6 Å². The van der Waals surface area contributed by atoms with Crippen LogP contribution >= 0.6 is 0 Å². The molecule has 1 saturated heterocycles. The summed E-state index contributed by atoms with van der Waals surface area (Å²) >= 11 is 0. The molecule has 31 heavy (non-hydrogen) atoms. The number of hydrogen-bond acceptors (Lipinski definition) is 4. The lowest BCUT2D eigenvalue weighted by Crippen LogP contribution is -2.38. The molecule has 0 spiro atoms. The molecule has 2 N–H and O–H groups in total. The van der Waals surface area contributed by atoms with E-state index in [-0.39, 0.29) is 18.6 Å². The van der Waals surface area contributed by atoms with Gasteiger partial charge in [0.15, 0.2) is 11.5 Å². The van der Waals surface area contributed by atoms with Gasteiger partial charge in [-0.2, -0.15) is 0 Å². The number of nitrogens with one attached hydrogen (secondary N) is 2. The summed E-state index contributed by atoms with van der Waals surface area (Å²) in [6, 6.07) is 14.1. The fraction of sp³-hybridized carbons (Fsp3) is 0.400. The van der Waals surface area contributed by atoms with E-state index in [4.69, 9.17) is 9.47 Å². The van der Waals surface area contributed by atoms with E-state index in [9.17, 15) is 4.79 Å². The smallest absolute Gasteiger partial charge is 0.231 e. The molecule has 5 rings (SSSR count). The van der Waals surface area contributed by atoms with Crippen LogP contribution in [0.4, 0.5) is 0 Å². The molecule has 162 valence electrons. The standard InChI is InChI=1S/C25H29N3O3/c29-24(26-11-14-28-12-4-1-5-13-28)15-20(19-8-6-10-23-25(19)31-17-30-23)21-16-27-22-9-3-2-7-18(21)22/h2-3,6-10,16,20,27H,1,4-5,11-15,17H2,(H,26,29)/t20-/m0/s1. The molecule has 0 aliphatic carbocycles. The van der Waals surface area contributed by atoms with E-state index in [1.807, 2.05) is 36.5 Å². The number of rotatable bonds is 7. The van der Waals surface area contributed by atoms with Crippen molar-refractivity contribution in [3.63, 3.8) is 0 Å². The van der Waals surface area contributed by atoms with Crippen LogP contribution in [0.1, 0.15) is 42.7 Å². The molecular weight excluding hydrogens is 390 g/mol. The quantitative estimate of drug-likeness (QED) is 0.607. The molecular formula is C25H29N3O3. The van der Waals surface area contributed by atoms with Crippen LogP contribution in [0.5, 0.6) is 11.5 Å². The summed E-state index contributed by atoms with van der Waals surface area (Å²) in [5, 5.41) is 4.27. The van der Waals surface area contributed by atoms with Gasteiger partial charge in [-0.25, -0.2) is 0 Å². The number of ether oxygens (including phenoxy) is 2. The topological polar surface area (TPSA) is 66.6 Å². The molecule has 0 bridgehead atoms. The van der Waals surface area contributed by atoms with Crippen LogP contribution in [0.15, 0.2) is 48.7 Å².